The van der Waals surface area contributed by atoms with Gasteiger partial charge in [-0.15, -0.1) is 5.10 Å². The van der Waals surface area contributed by atoms with Crippen molar-refractivity contribution in [2.75, 3.05) is 0 Å². The third-order valence-electron chi connectivity index (χ3n) is 2.94. The summed E-state index contributed by atoms with van der Waals surface area (Å²) >= 11 is 0. The van der Waals surface area contributed by atoms with Crippen molar-refractivity contribution >= 4 is 0 Å². The third kappa shape index (κ3) is 3.69. The summed E-state index contributed by atoms with van der Waals surface area (Å²) in [5, 5.41) is 11.6. The van der Waals surface area contributed by atoms with Gasteiger partial charge in [0.25, 0.3) is 0 Å². The van der Waals surface area contributed by atoms with Gasteiger partial charge in [0.2, 0.25) is 5.89 Å². The van der Waals surface area contributed by atoms with Gasteiger partial charge >= 0.3 is 0 Å². The minimum absolute atomic E-state index is 0.168. The van der Waals surface area contributed by atoms with E-state index in [2.05, 4.69) is 20.5 Å². The lowest BCUT2D eigenvalue weighted by molar-refractivity contribution is 0.242. The van der Waals surface area contributed by atoms with Gasteiger partial charge in [-0.1, -0.05) is 22.5 Å². The van der Waals surface area contributed by atoms with Crippen LogP contribution in [0.15, 0.2) is 41.2 Å². The number of hydrogen-bond donors (Lipinski definition) is 0. The van der Waals surface area contributed by atoms with Crippen LogP contribution in [0.4, 0.5) is 0 Å². The first-order chi connectivity index (χ1) is 10.7. The van der Waals surface area contributed by atoms with E-state index in [0.717, 1.165) is 11.3 Å². The molecule has 7 heteroatoms. The van der Waals surface area contributed by atoms with Crippen molar-refractivity contribution in [3.8, 4) is 5.75 Å². The van der Waals surface area contributed by atoms with Crippen LogP contribution in [-0.2, 0) is 13.0 Å². The number of aromatic nitrogens is 5. The number of rotatable bonds is 6. The molecule has 0 spiro atoms. The van der Waals surface area contributed by atoms with Crippen LogP contribution >= 0.6 is 0 Å². The zero-order valence-electron chi connectivity index (χ0n) is 12.5. The Kier molecular flexibility index (Phi) is 4.13. The molecular weight excluding hydrogens is 282 g/mol. The highest BCUT2D eigenvalue weighted by Gasteiger charge is 2.08. The van der Waals surface area contributed by atoms with E-state index >= 15 is 0 Å². The highest BCUT2D eigenvalue weighted by Crippen LogP contribution is 2.16. The Balaban J connectivity index is 1.62. The van der Waals surface area contributed by atoms with E-state index in [9.17, 15) is 0 Å². The molecule has 7 nitrogen and oxygen atoms in total. The maximum atomic E-state index is 5.62. The molecule has 0 saturated heterocycles. The predicted molar refractivity (Wildman–Crippen MR) is 78.4 cm³/mol. The van der Waals surface area contributed by atoms with E-state index in [1.165, 1.54) is 0 Å². The van der Waals surface area contributed by atoms with Gasteiger partial charge in [0.15, 0.2) is 5.82 Å². The molecule has 22 heavy (non-hydrogen) atoms. The van der Waals surface area contributed by atoms with E-state index in [1.807, 2.05) is 38.1 Å². The second kappa shape index (κ2) is 6.38. The average Bonchev–Trinajstić information content (AvgIpc) is 3.13. The first kappa shape index (κ1) is 14.2. The van der Waals surface area contributed by atoms with Gasteiger partial charge < -0.3 is 9.26 Å². The molecule has 3 aromatic rings. The molecule has 0 saturated carbocycles. The second-order valence-corrected chi connectivity index (χ2v) is 5.19. The lowest BCUT2D eigenvalue weighted by Crippen LogP contribution is -2.05. The summed E-state index contributed by atoms with van der Waals surface area (Å²) in [6.45, 7) is 4.46. The van der Waals surface area contributed by atoms with Crippen LogP contribution in [0.1, 0.15) is 31.1 Å². The second-order valence-electron chi connectivity index (χ2n) is 5.19. The van der Waals surface area contributed by atoms with Crippen molar-refractivity contribution in [1.29, 1.82) is 0 Å². The average molecular weight is 299 g/mol. The molecule has 0 amide bonds. The summed E-state index contributed by atoms with van der Waals surface area (Å²) in [4.78, 5) is 4.35. The van der Waals surface area contributed by atoms with Gasteiger partial charge in [-0.2, -0.15) is 4.98 Å². The zero-order chi connectivity index (χ0) is 15.4. The van der Waals surface area contributed by atoms with E-state index in [0.29, 0.717) is 24.7 Å². The number of ether oxygens (including phenoxy) is 1. The van der Waals surface area contributed by atoms with E-state index in [1.54, 1.807) is 17.1 Å². The van der Waals surface area contributed by atoms with Gasteiger partial charge in [0.1, 0.15) is 12.3 Å². The normalized spacial score (nSPS) is 11.0. The molecule has 0 bridgehead atoms. The number of nitrogens with zero attached hydrogens (tertiary/aromatic N) is 5. The Labute approximate surface area is 127 Å². The van der Waals surface area contributed by atoms with Crippen LogP contribution in [0.2, 0.25) is 0 Å². The molecule has 114 valence electrons. The molecule has 0 N–H and O–H groups in total. The molecular formula is C15H17N5O2. The minimum Gasteiger partial charge on any atom is -0.491 e. The van der Waals surface area contributed by atoms with Crippen molar-refractivity contribution in [1.82, 2.24) is 25.1 Å². The number of hydrogen-bond acceptors (Lipinski definition) is 6. The van der Waals surface area contributed by atoms with Gasteiger partial charge in [-0.05, 0) is 31.5 Å². The van der Waals surface area contributed by atoms with Crippen LogP contribution in [0.5, 0.6) is 5.75 Å². The molecule has 0 radical (unpaired) electrons. The molecule has 0 unspecified atom stereocenters. The SMILES string of the molecule is CC(C)Oc1ccc(Cc2nc(Cn3ccnn3)no2)cc1. The molecule has 0 aliphatic rings. The quantitative estimate of drug-likeness (QED) is 0.693. The standard InChI is InChI=1S/C15H17N5O2/c1-11(2)21-13-5-3-12(4-6-13)9-15-17-14(18-22-15)10-20-8-7-16-19-20/h3-8,11H,9-10H2,1-2H3. The van der Waals surface area contributed by atoms with Crippen molar-refractivity contribution in [2.45, 2.75) is 32.9 Å². The van der Waals surface area contributed by atoms with Gasteiger partial charge in [-0.3, -0.25) is 0 Å². The number of benzene rings is 1. The Morgan fingerprint density at radius 1 is 1.23 bits per heavy atom. The van der Waals surface area contributed by atoms with Crippen LogP contribution in [-0.4, -0.2) is 31.2 Å². The van der Waals surface area contributed by atoms with Crippen LogP contribution < -0.4 is 4.74 Å². The topological polar surface area (TPSA) is 78.9 Å². The molecule has 2 aromatic heterocycles. The summed E-state index contributed by atoms with van der Waals surface area (Å²) < 4.78 is 12.5. The smallest absolute Gasteiger partial charge is 0.231 e. The van der Waals surface area contributed by atoms with Crippen molar-refractivity contribution < 1.29 is 9.26 Å². The third-order valence-corrected chi connectivity index (χ3v) is 2.94. The van der Waals surface area contributed by atoms with Crippen molar-refractivity contribution in [2.24, 2.45) is 0 Å². The highest BCUT2D eigenvalue weighted by atomic mass is 16.5. The summed E-state index contributed by atoms with van der Waals surface area (Å²) in [5.74, 6) is 2.02. The maximum Gasteiger partial charge on any atom is 0.231 e. The van der Waals surface area contributed by atoms with E-state index < -0.39 is 0 Å². The first-order valence-electron chi connectivity index (χ1n) is 7.10. The monoisotopic (exact) mass is 299 g/mol. The predicted octanol–water partition coefficient (Wildman–Crippen LogP) is 2.09. The molecule has 3 rings (SSSR count). The fraction of sp³-hybridized carbons (Fsp3) is 0.333. The first-order valence-corrected chi connectivity index (χ1v) is 7.10. The Bertz CT molecular complexity index is 704. The largest absolute Gasteiger partial charge is 0.491 e. The summed E-state index contributed by atoms with van der Waals surface area (Å²) in [7, 11) is 0. The molecule has 2 heterocycles. The van der Waals surface area contributed by atoms with Crippen LogP contribution in [0, 0.1) is 0 Å². The summed E-state index contributed by atoms with van der Waals surface area (Å²) in [6.07, 6.45) is 4.12. The lowest BCUT2D eigenvalue weighted by atomic mass is 10.1. The molecule has 0 aliphatic heterocycles. The van der Waals surface area contributed by atoms with E-state index in [-0.39, 0.29) is 6.10 Å². The van der Waals surface area contributed by atoms with Gasteiger partial charge in [0, 0.05) is 6.20 Å². The minimum atomic E-state index is 0.168. The molecule has 0 atom stereocenters. The van der Waals surface area contributed by atoms with Crippen LogP contribution in [0.25, 0.3) is 0 Å². The highest BCUT2D eigenvalue weighted by molar-refractivity contribution is 5.28. The van der Waals surface area contributed by atoms with Crippen molar-refractivity contribution in [3.63, 3.8) is 0 Å². The summed E-state index contributed by atoms with van der Waals surface area (Å²) in [5.41, 5.74) is 1.09. The zero-order valence-corrected chi connectivity index (χ0v) is 12.5. The Morgan fingerprint density at radius 3 is 2.73 bits per heavy atom. The molecule has 0 aliphatic carbocycles. The van der Waals surface area contributed by atoms with E-state index in [4.69, 9.17) is 9.26 Å². The van der Waals surface area contributed by atoms with Gasteiger partial charge in [0.05, 0.1) is 18.7 Å². The lowest BCUT2D eigenvalue weighted by Gasteiger charge is -2.09. The maximum absolute atomic E-state index is 5.62. The molecule has 0 fully saturated rings. The Morgan fingerprint density at radius 2 is 2.05 bits per heavy atom. The molecule has 1 aromatic carbocycles. The fourth-order valence-electron chi connectivity index (χ4n) is 2.02. The fourth-order valence-corrected chi connectivity index (χ4v) is 2.02. The summed E-state index contributed by atoms with van der Waals surface area (Å²) in [6, 6.07) is 7.89. The van der Waals surface area contributed by atoms with Crippen LogP contribution in [0.3, 0.4) is 0 Å². The Hall–Kier alpha value is -2.70. The van der Waals surface area contributed by atoms with Gasteiger partial charge in [-0.25, -0.2) is 4.68 Å². The van der Waals surface area contributed by atoms with Crippen molar-refractivity contribution in [3.05, 3.63) is 53.9 Å².